The number of hydrogen-bond acceptors (Lipinski definition) is 7. The second-order valence-electron chi connectivity index (χ2n) is 7.53. The number of primary amides is 1. The lowest BCUT2D eigenvalue weighted by atomic mass is 9.61. The number of ketones is 2. The number of hydrogen-bond donors (Lipinski definition) is 5. The molecular formula is C22H29NO7. The summed E-state index contributed by atoms with van der Waals surface area (Å²) in [5.41, 5.74) is 3.99. The van der Waals surface area contributed by atoms with Crippen LogP contribution in [0.4, 0.5) is 0 Å². The lowest BCUT2D eigenvalue weighted by Crippen LogP contribution is -2.59. The van der Waals surface area contributed by atoms with Crippen molar-refractivity contribution in [1.82, 2.24) is 0 Å². The van der Waals surface area contributed by atoms with Crippen LogP contribution in [0.25, 0.3) is 5.76 Å². The molecule has 1 amide bonds. The molecule has 0 aliphatic heterocycles. The highest BCUT2D eigenvalue weighted by Gasteiger charge is 2.57. The van der Waals surface area contributed by atoms with Gasteiger partial charge in [-0.15, -0.1) is 0 Å². The summed E-state index contributed by atoms with van der Waals surface area (Å²) in [5.74, 6) is -5.13. The Bertz CT molecular complexity index is 905. The number of nitrogens with two attached hydrogens (primary N) is 1. The van der Waals surface area contributed by atoms with Gasteiger partial charge < -0.3 is 26.2 Å². The Balaban J connectivity index is 0.00000155. The molecule has 0 radical (unpaired) electrons. The molecule has 6 N–H and O–H groups in total. The molecule has 8 nitrogen and oxygen atoms in total. The van der Waals surface area contributed by atoms with Crippen molar-refractivity contribution in [2.75, 3.05) is 6.61 Å². The van der Waals surface area contributed by atoms with Gasteiger partial charge in [0.25, 0.3) is 0 Å². The van der Waals surface area contributed by atoms with Crippen molar-refractivity contribution in [3.8, 4) is 5.75 Å². The fraction of sp³-hybridized carbons (Fsp3) is 0.500. The van der Waals surface area contributed by atoms with Gasteiger partial charge in [0, 0.05) is 18.1 Å². The average Bonchev–Trinajstić information content (AvgIpc) is 2.69. The first-order valence-electron chi connectivity index (χ1n) is 10.1. The third-order valence-corrected chi connectivity index (χ3v) is 5.86. The minimum absolute atomic E-state index is 0.0246. The number of aromatic hydroxyl groups is 1. The molecule has 2 aliphatic rings. The minimum Gasteiger partial charge on any atom is -0.507 e. The number of aryl methyl sites for hydroxylation is 1. The summed E-state index contributed by atoms with van der Waals surface area (Å²) in [6, 6.07) is 3.10. The van der Waals surface area contributed by atoms with Gasteiger partial charge in [-0.05, 0) is 49.3 Å². The Morgan fingerprint density at radius 3 is 2.43 bits per heavy atom. The van der Waals surface area contributed by atoms with Crippen molar-refractivity contribution in [1.29, 1.82) is 0 Å². The SMILES string of the molecule is CC.Cc1ccc(O)c2c1C[C@H]1C[C@@H](CCO)[C@@](O)(C(=O)CC(N)=O)C(=O)C1=C2O. The molecule has 0 aromatic heterocycles. The van der Waals surface area contributed by atoms with Crippen LogP contribution < -0.4 is 5.73 Å². The van der Waals surface area contributed by atoms with Crippen LogP contribution in [0.3, 0.4) is 0 Å². The van der Waals surface area contributed by atoms with E-state index >= 15 is 0 Å². The summed E-state index contributed by atoms with van der Waals surface area (Å²) < 4.78 is 0. The second-order valence-corrected chi connectivity index (χ2v) is 7.53. The molecular weight excluding hydrogens is 390 g/mol. The van der Waals surface area contributed by atoms with E-state index in [1.54, 1.807) is 6.07 Å². The zero-order valence-electron chi connectivity index (χ0n) is 17.4. The Morgan fingerprint density at radius 2 is 1.87 bits per heavy atom. The number of aliphatic hydroxyl groups excluding tert-OH is 2. The van der Waals surface area contributed by atoms with Gasteiger partial charge in [-0.1, -0.05) is 19.9 Å². The summed E-state index contributed by atoms with van der Waals surface area (Å²) in [6.45, 7) is 5.46. The fourth-order valence-corrected chi connectivity index (χ4v) is 4.47. The Kier molecular flexibility index (Phi) is 7.05. The molecule has 8 heteroatoms. The van der Waals surface area contributed by atoms with Crippen molar-refractivity contribution in [3.05, 3.63) is 34.4 Å². The van der Waals surface area contributed by atoms with Gasteiger partial charge in [0.15, 0.2) is 11.4 Å². The molecule has 1 aromatic carbocycles. The smallest absolute Gasteiger partial charge is 0.225 e. The fourth-order valence-electron chi connectivity index (χ4n) is 4.47. The predicted molar refractivity (Wildman–Crippen MR) is 110 cm³/mol. The van der Waals surface area contributed by atoms with Crippen LogP contribution in [0.1, 0.15) is 49.8 Å². The summed E-state index contributed by atoms with van der Waals surface area (Å²) in [4.78, 5) is 37.0. The number of phenols is 1. The molecule has 3 atom stereocenters. The van der Waals surface area contributed by atoms with Crippen LogP contribution in [0.2, 0.25) is 0 Å². The Labute approximate surface area is 175 Å². The van der Waals surface area contributed by atoms with E-state index in [0.717, 1.165) is 5.56 Å². The number of phenolic OH excluding ortho intramolecular Hbond substituents is 1. The van der Waals surface area contributed by atoms with E-state index in [1.807, 2.05) is 20.8 Å². The van der Waals surface area contributed by atoms with Gasteiger partial charge in [0.05, 0.1) is 12.0 Å². The maximum atomic E-state index is 13.2. The van der Waals surface area contributed by atoms with Gasteiger partial charge in [-0.2, -0.15) is 0 Å². The predicted octanol–water partition coefficient (Wildman–Crippen LogP) is 1.32. The monoisotopic (exact) mass is 419 g/mol. The van der Waals surface area contributed by atoms with Crippen LogP contribution >= 0.6 is 0 Å². The zero-order chi connectivity index (χ0) is 22.8. The van der Waals surface area contributed by atoms with Gasteiger partial charge >= 0.3 is 0 Å². The molecule has 30 heavy (non-hydrogen) atoms. The highest BCUT2D eigenvalue weighted by molar-refractivity contribution is 6.23. The van der Waals surface area contributed by atoms with Crippen LogP contribution in [0, 0.1) is 18.8 Å². The van der Waals surface area contributed by atoms with E-state index < -0.39 is 47.1 Å². The van der Waals surface area contributed by atoms with Crippen molar-refractivity contribution < 1.29 is 34.8 Å². The van der Waals surface area contributed by atoms with Crippen molar-refractivity contribution >= 4 is 23.2 Å². The molecule has 0 unspecified atom stereocenters. The van der Waals surface area contributed by atoms with Crippen LogP contribution in [-0.4, -0.2) is 50.1 Å². The number of benzene rings is 1. The molecule has 0 saturated heterocycles. The molecule has 1 aromatic rings. The van der Waals surface area contributed by atoms with E-state index in [0.29, 0.717) is 12.0 Å². The summed E-state index contributed by atoms with van der Waals surface area (Å²) in [6.07, 6.45) is -0.364. The molecule has 1 fully saturated rings. The molecule has 3 rings (SSSR count). The van der Waals surface area contributed by atoms with Gasteiger partial charge in [-0.3, -0.25) is 14.4 Å². The molecule has 0 spiro atoms. The number of carbonyl (C=O) groups excluding carboxylic acids is 3. The van der Waals surface area contributed by atoms with Crippen molar-refractivity contribution in [3.63, 3.8) is 0 Å². The van der Waals surface area contributed by atoms with E-state index in [2.05, 4.69) is 0 Å². The van der Waals surface area contributed by atoms with Crippen LogP contribution in [0.5, 0.6) is 5.75 Å². The standard InChI is InChI=1S/C20H23NO7.C2H6/c1-9-2-3-13(23)17-12(9)7-10-6-11(4-5-22)20(28,14(24)8-15(21)25)19(27)16(10)18(17)26;1-2/h2-3,10-11,22-23,26,28H,4-8H2,1H3,(H2,21,25);1-2H3/t10-,11-,20-;/m1./s1. The summed E-state index contributed by atoms with van der Waals surface area (Å²) in [5, 5.41) is 41.4. The van der Waals surface area contributed by atoms with E-state index in [9.17, 15) is 34.8 Å². The average molecular weight is 419 g/mol. The quantitative estimate of drug-likeness (QED) is 0.450. The maximum absolute atomic E-state index is 13.2. The highest BCUT2D eigenvalue weighted by atomic mass is 16.3. The van der Waals surface area contributed by atoms with E-state index in [1.165, 1.54) is 6.07 Å². The Hall–Kier alpha value is -2.71. The molecule has 164 valence electrons. The number of fused-ring (bicyclic) bond motifs is 2. The number of rotatable bonds is 5. The van der Waals surface area contributed by atoms with Crippen LogP contribution in [-0.2, 0) is 20.8 Å². The first-order chi connectivity index (χ1) is 14.1. The molecule has 0 bridgehead atoms. The lowest BCUT2D eigenvalue weighted by Gasteiger charge is -2.43. The van der Waals surface area contributed by atoms with Gasteiger partial charge in [0.2, 0.25) is 11.7 Å². The molecule has 0 heterocycles. The number of aliphatic hydroxyl groups is 3. The van der Waals surface area contributed by atoms with Gasteiger partial charge in [0.1, 0.15) is 11.5 Å². The first-order valence-corrected chi connectivity index (χ1v) is 10.1. The first kappa shape index (κ1) is 23.6. The maximum Gasteiger partial charge on any atom is 0.225 e. The van der Waals surface area contributed by atoms with Crippen molar-refractivity contribution in [2.24, 2.45) is 17.6 Å². The summed E-state index contributed by atoms with van der Waals surface area (Å²) >= 11 is 0. The largest absolute Gasteiger partial charge is 0.507 e. The second kappa shape index (κ2) is 8.97. The summed E-state index contributed by atoms with van der Waals surface area (Å²) in [7, 11) is 0. The Morgan fingerprint density at radius 1 is 1.23 bits per heavy atom. The number of amides is 1. The molecule has 2 aliphatic carbocycles. The van der Waals surface area contributed by atoms with E-state index in [4.69, 9.17) is 5.73 Å². The highest BCUT2D eigenvalue weighted by Crippen LogP contribution is 2.49. The van der Waals surface area contributed by atoms with Crippen molar-refractivity contribution in [2.45, 2.75) is 52.1 Å². The lowest BCUT2D eigenvalue weighted by molar-refractivity contribution is -0.159. The molecule has 1 saturated carbocycles. The normalized spacial score (nSPS) is 25.0. The minimum atomic E-state index is -2.56. The van der Waals surface area contributed by atoms with Crippen LogP contribution in [0.15, 0.2) is 17.7 Å². The number of carbonyl (C=O) groups is 3. The van der Waals surface area contributed by atoms with Gasteiger partial charge in [-0.25, -0.2) is 0 Å². The van der Waals surface area contributed by atoms with E-state index in [-0.39, 0.29) is 36.3 Å². The topological polar surface area (TPSA) is 158 Å². The number of Topliss-reactive ketones (excluding diaryl/α,β-unsaturated/α-hetero) is 2. The third kappa shape index (κ3) is 3.73. The zero-order valence-corrected chi connectivity index (χ0v) is 17.4. The third-order valence-electron chi connectivity index (χ3n) is 5.86.